The van der Waals surface area contributed by atoms with Gasteiger partial charge >= 0.3 is 5.97 Å². The first kappa shape index (κ1) is 16.2. The predicted octanol–water partition coefficient (Wildman–Crippen LogP) is 0.682. The molecule has 0 saturated carbocycles. The molecule has 6 heteroatoms. The molecule has 0 bridgehead atoms. The highest BCUT2D eigenvalue weighted by Gasteiger charge is 2.27. The highest BCUT2D eigenvalue weighted by molar-refractivity contribution is 7.98. The zero-order valence-corrected chi connectivity index (χ0v) is 11.4. The molecule has 0 rings (SSSR count). The SMILES string of the molecule is CCC(C)[C@H](NC(=O)[C@@H](N)CCSC)C(=O)O. The molecule has 5 nitrogen and oxygen atoms in total. The lowest BCUT2D eigenvalue weighted by molar-refractivity contribution is -0.143. The number of carboxylic acid groups (broad SMARTS) is 1. The molecule has 0 spiro atoms. The number of thioether (sulfide) groups is 1. The third kappa shape index (κ3) is 5.93. The molecular formula is C11H22N2O3S. The van der Waals surface area contributed by atoms with Crippen LogP contribution in [-0.4, -0.2) is 41.1 Å². The lowest BCUT2D eigenvalue weighted by atomic mass is 9.99. The van der Waals surface area contributed by atoms with Crippen LogP contribution in [-0.2, 0) is 9.59 Å². The average Bonchev–Trinajstić information content (AvgIpc) is 2.31. The predicted molar refractivity (Wildman–Crippen MR) is 70.0 cm³/mol. The van der Waals surface area contributed by atoms with Crippen LogP contribution in [0.15, 0.2) is 0 Å². The third-order valence-corrected chi connectivity index (χ3v) is 3.39. The van der Waals surface area contributed by atoms with Crippen molar-refractivity contribution in [3.63, 3.8) is 0 Å². The van der Waals surface area contributed by atoms with Crippen LogP contribution in [0.3, 0.4) is 0 Å². The number of nitrogens with two attached hydrogens (primary N) is 1. The topological polar surface area (TPSA) is 92.4 Å². The van der Waals surface area contributed by atoms with Gasteiger partial charge in [-0.25, -0.2) is 4.79 Å². The molecule has 0 radical (unpaired) electrons. The fourth-order valence-corrected chi connectivity index (χ4v) is 1.81. The normalized spacial score (nSPS) is 16.0. The summed E-state index contributed by atoms with van der Waals surface area (Å²) < 4.78 is 0. The molecule has 0 heterocycles. The Kier molecular flexibility index (Phi) is 7.99. The molecule has 17 heavy (non-hydrogen) atoms. The van der Waals surface area contributed by atoms with Gasteiger partial charge in [0, 0.05) is 0 Å². The molecule has 0 aromatic heterocycles. The molecule has 0 saturated heterocycles. The van der Waals surface area contributed by atoms with E-state index in [0.29, 0.717) is 12.8 Å². The number of amides is 1. The molecule has 0 aliphatic heterocycles. The third-order valence-electron chi connectivity index (χ3n) is 2.75. The largest absolute Gasteiger partial charge is 0.480 e. The second-order valence-corrected chi connectivity index (χ2v) is 5.08. The second kappa shape index (κ2) is 8.36. The monoisotopic (exact) mass is 262 g/mol. The van der Waals surface area contributed by atoms with Crippen LogP contribution in [0.2, 0.25) is 0 Å². The number of carbonyl (C=O) groups is 2. The van der Waals surface area contributed by atoms with Crippen LogP contribution in [0.4, 0.5) is 0 Å². The summed E-state index contributed by atoms with van der Waals surface area (Å²) in [5, 5.41) is 11.5. The van der Waals surface area contributed by atoms with Gasteiger partial charge in [0.25, 0.3) is 0 Å². The van der Waals surface area contributed by atoms with E-state index in [9.17, 15) is 9.59 Å². The molecule has 100 valence electrons. The molecule has 0 aliphatic carbocycles. The molecule has 0 aromatic carbocycles. The van der Waals surface area contributed by atoms with Crippen molar-refractivity contribution in [1.82, 2.24) is 5.32 Å². The summed E-state index contributed by atoms with van der Waals surface area (Å²) >= 11 is 1.61. The van der Waals surface area contributed by atoms with E-state index in [1.165, 1.54) is 0 Å². The number of rotatable bonds is 8. The summed E-state index contributed by atoms with van der Waals surface area (Å²) in [6, 6.07) is -1.49. The Morgan fingerprint density at radius 2 is 2.06 bits per heavy atom. The highest BCUT2D eigenvalue weighted by atomic mass is 32.2. The number of nitrogens with one attached hydrogen (secondary N) is 1. The van der Waals surface area contributed by atoms with E-state index < -0.39 is 18.1 Å². The molecule has 1 unspecified atom stereocenters. The summed E-state index contributed by atoms with van der Waals surface area (Å²) in [5.41, 5.74) is 5.68. The van der Waals surface area contributed by atoms with Crippen molar-refractivity contribution >= 4 is 23.6 Å². The lowest BCUT2D eigenvalue weighted by Gasteiger charge is -2.22. The van der Waals surface area contributed by atoms with Crippen molar-refractivity contribution in [1.29, 1.82) is 0 Å². The first-order valence-electron chi connectivity index (χ1n) is 5.71. The van der Waals surface area contributed by atoms with Crippen molar-refractivity contribution in [3.8, 4) is 0 Å². The Bertz CT molecular complexity index is 261. The maximum atomic E-state index is 11.7. The van der Waals surface area contributed by atoms with Crippen LogP contribution in [0.5, 0.6) is 0 Å². The number of hydrogen-bond acceptors (Lipinski definition) is 4. The molecule has 0 fully saturated rings. The Morgan fingerprint density at radius 1 is 1.47 bits per heavy atom. The molecule has 1 amide bonds. The van der Waals surface area contributed by atoms with Gasteiger partial charge in [0.05, 0.1) is 6.04 Å². The summed E-state index contributed by atoms with van der Waals surface area (Å²) in [4.78, 5) is 22.7. The standard InChI is InChI=1S/C11H22N2O3S/c1-4-7(2)9(11(15)16)13-10(14)8(12)5-6-17-3/h7-9H,4-6,12H2,1-3H3,(H,13,14)(H,15,16)/t7?,8-,9-/m0/s1. The number of carbonyl (C=O) groups excluding carboxylic acids is 1. The van der Waals surface area contributed by atoms with Crippen molar-refractivity contribution in [2.24, 2.45) is 11.7 Å². The van der Waals surface area contributed by atoms with Gasteiger partial charge < -0.3 is 16.2 Å². The fraction of sp³-hybridized carbons (Fsp3) is 0.818. The summed E-state index contributed by atoms with van der Waals surface area (Å²) in [7, 11) is 0. The van der Waals surface area contributed by atoms with Gasteiger partial charge in [-0.3, -0.25) is 4.79 Å². The zero-order valence-electron chi connectivity index (χ0n) is 10.6. The molecule has 0 aromatic rings. The van der Waals surface area contributed by atoms with E-state index in [0.717, 1.165) is 5.75 Å². The molecule has 3 atom stereocenters. The van der Waals surface area contributed by atoms with Gasteiger partial charge in [-0.15, -0.1) is 0 Å². The molecular weight excluding hydrogens is 240 g/mol. The van der Waals surface area contributed by atoms with Crippen molar-refractivity contribution in [2.45, 2.75) is 38.8 Å². The smallest absolute Gasteiger partial charge is 0.326 e. The van der Waals surface area contributed by atoms with E-state index in [2.05, 4.69) is 5.32 Å². The quantitative estimate of drug-likeness (QED) is 0.598. The van der Waals surface area contributed by atoms with Crippen LogP contribution in [0.25, 0.3) is 0 Å². The van der Waals surface area contributed by atoms with Gasteiger partial charge in [-0.1, -0.05) is 20.3 Å². The van der Waals surface area contributed by atoms with Gasteiger partial charge in [-0.05, 0) is 24.3 Å². The Labute approximate surface area is 107 Å². The van der Waals surface area contributed by atoms with E-state index in [-0.39, 0.29) is 11.8 Å². The van der Waals surface area contributed by atoms with Gasteiger partial charge in [0.15, 0.2) is 0 Å². The minimum absolute atomic E-state index is 0.107. The van der Waals surface area contributed by atoms with E-state index in [4.69, 9.17) is 10.8 Å². The number of aliphatic carboxylic acids is 1. The summed E-state index contributed by atoms with van der Waals surface area (Å²) in [6.07, 6.45) is 3.18. The number of carboxylic acids is 1. The van der Waals surface area contributed by atoms with Crippen LogP contribution in [0, 0.1) is 5.92 Å². The Morgan fingerprint density at radius 3 is 2.47 bits per heavy atom. The number of hydrogen-bond donors (Lipinski definition) is 3. The highest BCUT2D eigenvalue weighted by Crippen LogP contribution is 2.08. The average molecular weight is 262 g/mol. The minimum Gasteiger partial charge on any atom is -0.480 e. The fourth-order valence-electron chi connectivity index (χ4n) is 1.32. The summed E-state index contributed by atoms with van der Waals surface area (Å²) in [5.74, 6) is -0.712. The first-order valence-corrected chi connectivity index (χ1v) is 7.11. The minimum atomic E-state index is -1.01. The molecule has 4 N–H and O–H groups in total. The van der Waals surface area contributed by atoms with Gasteiger partial charge in [-0.2, -0.15) is 11.8 Å². The maximum absolute atomic E-state index is 11.7. The Balaban J connectivity index is 4.35. The first-order chi connectivity index (χ1) is 7.93. The van der Waals surface area contributed by atoms with Crippen LogP contribution >= 0.6 is 11.8 Å². The van der Waals surface area contributed by atoms with Crippen molar-refractivity contribution in [3.05, 3.63) is 0 Å². The van der Waals surface area contributed by atoms with Crippen LogP contribution < -0.4 is 11.1 Å². The van der Waals surface area contributed by atoms with Gasteiger partial charge in [0.2, 0.25) is 5.91 Å². The summed E-state index contributed by atoms with van der Waals surface area (Å²) in [6.45, 7) is 3.69. The van der Waals surface area contributed by atoms with Crippen molar-refractivity contribution < 1.29 is 14.7 Å². The van der Waals surface area contributed by atoms with E-state index >= 15 is 0 Å². The lowest BCUT2D eigenvalue weighted by Crippen LogP contribution is -2.51. The van der Waals surface area contributed by atoms with Gasteiger partial charge in [0.1, 0.15) is 6.04 Å². The molecule has 0 aliphatic rings. The maximum Gasteiger partial charge on any atom is 0.326 e. The second-order valence-electron chi connectivity index (χ2n) is 4.10. The zero-order chi connectivity index (χ0) is 13.4. The van der Waals surface area contributed by atoms with Crippen molar-refractivity contribution in [2.75, 3.05) is 12.0 Å². The Hall–Kier alpha value is -0.750. The van der Waals surface area contributed by atoms with E-state index in [1.54, 1.807) is 18.7 Å². The van der Waals surface area contributed by atoms with E-state index in [1.807, 2.05) is 13.2 Å². The van der Waals surface area contributed by atoms with Crippen LogP contribution in [0.1, 0.15) is 26.7 Å².